The summed E-state index contributed by atoms with van der Waals surface area (Å²) in [7, 11) is -2.87. The highest BCUT2D eigenvalue weighted by molar-refractivity contribution is 7.89. The van der Waals surface area contributed by atoms with Crippen molar-refractivity contribution in [1.82, 2.24) is 9.29 Å². The van der Waals surface area contributed by atoms with E-state index in [1.54, 1.807) is 30.3 Å². The molecule has 2 aliphatic carbocycles. The van der Waals surface area contributed by atoms with Gasteiger partial charge in [-0.15, -0.1) is 0 Å². The van der Waals surface area contributed by atoms with E-state index in [0.717, 1.165) is 47.7 Å². The Kier molecular flexibility index (Phi) is 8.51. The van der Waals surface area contributed by atoms with Crippen molar-refractivity contribution in [3.8, 4) is 17.7 Å². The van der Waals surface area contributed by atoms with E-state index in [4.69, 9.17) is 9.47 Å². The number of aromatic nitrogens is 1. The molecule has 238 valence electrons. The van der Waals surface area contributed by atoms with E-state index in [1.807, 2.05) is 31.3 Å². The minimum Gasteiger partial charge on any atom is -0.496 e. The van der Waals surface area contributed by atoms with Crippen molar-refractivity contribution in [2.45, 2.75) is 68.0 Å². The number of ether oxygens (including phenoxy) is 2. The van der Waals surface area contributed by atoms with Crippen molar-refractivity contribution in [3.05, 3.63) is 89.6 Å². The molecule has 2 aliphatic rings. The fourth-order valence-electron chi connectivity index (χ4n) is 5.69. The maximum Gasteiger partial charge on any atom is 0.411 e. The first-order chi connectivity index (χ1) is 22.1. The van der Waals surface area contributed by atoms with Gasteiger partial charge >= 0.3 is 6.09 Å². The topological polar surface area (TPSA) is 138 Å². The summed E-state index contributed by atoms with van der Waals surface area (Å²) in [5, 5.41) is 14.0. The van der Waals surface area contributed by atoms with Crippen molar-refractivity contribution in [2.75, 3.05) is 12.4 Å². The molecule has 0 radical (unpaired) electrons. The van der Waals surface area contributed by atoms with Gasteiger partial charge in [0, 0.05) is 45.9 Å². The van der Waals surface area contributed by atoms with E-state index in [2.05, 4.69) is 22.3 Å². The normalized spacial score (nSPS) is 16.2. The summed E-state index contributed by atoms with van der Waals surface area (Å²) in [4.78, 5) is 29.4. The Labute approximate surface area is 267 Å². The van der Waals surface area contributed by atoms with Gasteiger partial charge in [0.1, 0.15) is 17.5 Å². The summed E-state index contributed by atoms with van der Waals surface area (Å²) in [5.41, 5.74) is 1.92. The average Bonchev–Trinajstić information content (AvgIpc) is 3.39. The molecule has 3 N–H and O–H groups in total. The van der Waals surface area contributed by atoms with Crippen LogP contribution in [0.3, 0.4) is 0 Å². The number of sulfonamides is 1. The SMILES string of the molecule is COc1cc(C(=O)N(C#CC2(O)CC2)S(=O)(=O)c2ccccc2)ccc1C(C)c1c[nH]c2ccc(NC(=O)OC3CCCC3)cc12. The number of aromatic amines is 1. The van der Waals surface area contributed by atoms with E-state index in [-0.39, 0.29) is 22.5 Å². The summed E-state index contributed by atoms with van der Waals surface area (Å²) in [6, 6.07) is 20.3. The third kappa shape index (κ3) is 6.45. The summed E-state index contributed by atoms with van der Waals surface area (Å²) >= 11 is 0. The molecule has 0 bridgehead atoms. The summed E-state index contributed by atoms with van der Waals surface area (Å²) in [6.07, 6.45) is 6.08. The lowest BCUT2D eigenvalue weighted by molar-refractivity contribution is 0.0904. The molecule has 1 unspecified atom stereocenters. The first-order valence-corrected chi connectivity index (χ1v) is 16.7. The molecule has 3 aromatic carbocycles. The van der Waals surface area contributed by atoms with Crippen LogP contribution >= 0.6 is 0 Å². The monoisotopic (exact) mass is 641 g/mol. The van der Waals surface area contributed by atoms with Crippen molar-refractivity contribution < 1.29 is 32.6 Å². The zero-order valence-electron chi connectivity index (χ0n) is 25.6. The van der Waals surface area contributed by atoms with Crippen molar-refractivity contribution in [2.24, 2.45) is 0 Å². The third-order valence-corrected chi connectivity index (χ3v) is 10.1. The number of hydrogen-bond donors (Lipinski definition) is 3. The Morgan fingerprint density at radius 1 is 1.04 bits per heavy atom. The molecule has 2 saturated carbocycles. The minimum atomic E-state index is -4.35. The zero-order chi connectivity index (χ0) is 32.5. The molecule has 1 aromatic heterocycles. The molecule has 0 spiro atoms. The quantitative estimate of drug-likeness (QED) is 0.155. The van der Waals surface area contributed by atoms with Gasteiger partial charge in [-0.1, -0.05) is 31.2 Å². The number of nitrogens with one attached hydrogen (secondary N) is 2. The lowest BCUT2D eigenvalue weighted by Gasteiger charge is -2.19. The Hall–Kier alpha value is -4.79. The molecule has 6 rings (SSSR count). The van der Waals surface area contributed by atoms with Gasteiger partial charge in [0.2, 0.25) is 0 Å². The molecule has 2 amide bonds. The van der Waals surface area contributed by atoms with Crippen LogP contribution in [0.25, 0.3) is 10.9 Å². The lowest BCUT2D eigenvalue weighted by atomic mass is 9.91. The Morgan fingerprint density at radius 2 is 1.78 bits per heavy atom. The minimum absolute atomic E-state index is 0.0454. The van der Waals surface area contributed by atoms with E-state index < -0.39 is 27.6 Å². The molecular weight excluding hydrogens is 606 g/mol. The van der Waals surface area contributed by atoms with E-state index in [9.17, 15) is 23.1 Å². The zero-order valence-corrected chi connectivity index (χ0v) is 26.4. The van der Waals surface area contributed by atoms with Crippen LogP contribution in [0.15, 0.2) is 77.8 Å². The molecule has 1 atom stereocenters. The van der Waals surface area contributed by atoms with Crippen LogP contribution in [0.1, 0.15) is 72.9 Å². The van der Waals surface area contributed by atoms with Crippen molar-refractivity contribution >= 4 is 38.6 Å². The number of benzene rings is 3. The van der Waals surface area contributed by atoms with Gasteiger partial charge in [0.05, 0.1) is 12.0 Å². The second-order valence-corrected chi connectivity index (χ2v) is 13.6. The van der Waals surface area contributed by atoms with Crippen LogP contribution in [0.4, 0.5) is 10.5 Å². The number of aliphatic hydroxyl groups is 1. The molecule has 4 aromatic rings. The highest BCUT2D eigenvalue weighted by atomic mass is 32.2. The van der Waals surface area contributed by atoms with Crippen molar-refractivity contribution in [3.63, 3.8) is 0 Å². The van der Waals surface area contributed by atoms with Gasteiger partial charge in [-0.2, -0.15) is 12.7 Å². The lowest BCUT2D eigenvalue weighted by Crippen LogP contribution is -2.33. The van der Waals surface area contributed by atoms with Crippen molar-refractivity contribution in [1.29, 1.82) is 0 Å². The van der Waals surface area contributed by atoms with E-state index in [1.165, 1.54) is 25.3 Å². The summed E-state index contributed by atoms with van der Waals surface area (Å²) in [6.45, 7) is 1.99. The second-order valence-electron chi connectivity index (χ2n) is 11.8. The third-order valence-electron chi connectivity index (χ3n) is 8.53. The van der Waals surface area contributed by atoms with Gasteiger partial charge in [0.15, 0.2) is 0 Å². The van der Waals surface area contributed by atoms with Gasteiger partial charge < -0.3 is 19.6 Å². The van der Waals surface area contributed by atoms with Crippen LogP contribution in [-0.4, -0.2) is 53.6 Å². The average molecular weight is 642 g/mol. The number of carbonyl (C=O) groups excluding carboxylic acids is 2. The largest absolute Gasteiger partial charge is 0.496 e. The number of fused-ring (bicyclic) bond motifs is 1. The van der Waals surface area contributed by atoms with Gasteiger partial charge in [-0.05, 0) is 92.5 Å². The molecule has 1 heterocycles. The predicted octanol–water partition coefficient (Wildman–Crippen LogP) is 6.14. The fourth-order valence-corrected chi connectivity index (χ4v) is 6.89. The van der Waals surface area contributed by atoms with E-state index >= 15 is 0 Å². The highest BCUT2D eigenvalue weighted by Gasteiger charge is 2.39. The summed E-state index contributed by atoms with van der Waals surface area (Å²) in [5.74, 6) is 1.84. The predicted molar refractivity (Wildman–Crippen MR) is 173 cm³/mol. The number of hydrogen-bond acceptors (Lipinski definition) is 7. The Bertz CT molecular complexity index is 1950. The Balaban J connectivity index is 1.28. The molecule has 11 heteroatoms. The molecule has 2 fully saturated rings. The van der Waals surface area contributed by atoms with Crippen LogP contribution in [0, 0.1) is 12.0 Å². The molecule has 10 nitrogen and oxygen atoms in total. The van der Waals surface area contributed by atoms with Gasteiger partial charge in [-0.3, -0.25) is 10.1 Å². The Morgan fingerprint density at radius 3 is 2.48 bits per heavy atom. The first-order valence-electron chi connectivity index (χ1n) is 15.2. The number of amides is 2. The maximum atomic E-state index is 13.7. The van der Waals surface area contributed by atoms with Crippen LogP contribution in [0.2, 0.25) is 0 Å². The second kappa shape index (κ2) is 12.5. The number of anilines is 1. The molecule has 46 heavy (non-hydrogen) atoms. The number of nitrogens with zero attached hydrogens (tertiary/aromatic N) is 1. The van der Waals surface area contributed by atoms with Gasteiger partial charge in [-0.25, -0.2) is 4.79 Å². The standard InChI is InChI=1S/C35H35N3O7S/c1-23(30-22-36-31-15-13-25(21-29(30)31)37-34(40)45-26-8-6-7-9-26)28-14-12-24(20-32(28)44-2)33(39)38(19-18-35(41)16-17-35)46(42,43)27-10-4-3-5-11-27/h3-5,10-15,20-23,26,36,41H,6-9,16-17H2,1-2H3,(H,37,40). The number of H-pyrrole nitrogens is 1. The van der Waals surface area contributed by atoms with E-state index in [0.29, 0.717) is 28.6 Å². The number of carbonyl (C=O) groups is 2. The smallest absolute Gasteiger partial charge is 0.411 e. The van der Waals surface area contributed by atoms with Gasteiger partial charge in [0.25, 0.3) is 15.9 Å². The first kappa shape index (κ1) is 31.2. The van der Waals surface area contributed by atoms with Crippen LogP contribution in [0.5, 0.6) is 5.75 Å². The fraction of sp³-hybridized carbons (Fsp3) is 0.314. The van der Waals surface area contributed by atoms with Crippen LogP contribution in [-0.2, 0) is 14.8 Å². The molecule has 0 aliphatic heterocycles. The number of methoxy groups -OCH3 is 1. The van der Waals surface area contributed by atoms with Crippen LogP contribution < -0.4 is 10.1 Å². The molecular formula is C35H35N3O7S. The maximum absolute atomic E-state index is 13.7. The summed E-state index contributed by atoms with van der Waals surface area (Å²) < 4.78 is 38.8. The number of rotatable bonds is 8. The molecule has 0 saturated heterocycles. The highest BCUT2D eigenvalue weighted by Crippen LogP contribution is 2.37.